The molecular formula is C21H22AuClP+. The van der Waals surface area contributed by atoms with Crippen molar-refractivity contribution in [2.75, 3.05) is 0 Å². The van der Waals surface area contributed by atoms with E-state index in [4.69, 9.17) is 0 Å². The van der Waals surface area contributed by atoms with Gasteiger partial charge in [0, 0.05) is 0 Å². The Bertz CT molecular complexity index is 693. The zero-order valence-corrected chi connectivity index (χ0v) is 18.0. The SMILES string of the molecule is Cc1ccccc1[PH+](c1ccccc1C)c1ccccc1C.[Cl][Au]. The molecule has 0 saturated carbocycles. The van der Waals surface area contributed by atoms with Crippen molar-refractivity contribution in [3.8, 4) is 0 Å². The Morgan fingerprint density at radius 1 is 0.542 bits per heavy atom. The zero-order valence-electron chi connectivity index (χ0n) is 14.1. The average molecular weight is 538 g/mol. The summed E-state index contributed by atoms with van der Waals surface area (Å²) in [5.41, 5.74) is 4.17. The molecule has 3 aromatic carbocycles. The third-order valence-corrected chi connectivity index (χ3v) is 7.54. The summed E-state index contributed by atoms with van der Waals surface area (Å²) in [6, 6.07) is 26.5. The molecule has 0 amide bonds. The van der Waals surface area contributed by atoms with Crippen LogP contribution in [0.4, 0.5) is 0 Å². The summed E-state index contributed by atoms with van der Waals surface area (Å²) in [6.45, 7) is 6.70. The summed E-state index contributed by atoms with van der Waals surface area (Å²) >= 11 is 1.75. The van der Waals surface area contributed by atoms with Crippen molar-refractivity contribution in [1.29, 1.82) is 0 Å². The normalized spacial score (nSPS) is 10.3. The summed E-state index contributed by atoms with van der Waals surface area (Å²) < 4.78 is 0. The number of rotatable bonds is 3. The topological polar surface area (TPSA) is 0 Å². The van der Waals surface area contributed by atoms with Crippen LogP contribution in [0, 0.1) is 20.8 Å². The molecule has 0 spiro atoms. The van der Waals surface area contributed by atoms with Gasteiger partial charge in [0.15, 0.2) is 0 Å². The van der Waals surface area contributed by atoms with Gasteiger partial charge in [0.1, 0.15) is 15.9 Å². The fraction of sp³-hybridized carbons (Fsp3) is 0.143. The van der Waals surface area contributed by atoms with Crippen LogP contribution in [0.2, 0.25) is 0 Å². The third kappa shape index (κ3) is 4.39. The molecule has 0 unspecified atom stereocenters. The first kappa shape index (κ1) is 19.4. The summed E-state index contributed by atoms with van der Waals surface area (Å²) in [6.07, 6.45) is 0. The van der Waals surface area contributed by atoms with Crippen molar-refractivity contribution in [2.45, 2.75) is 20.8 Å². The summed E-state index contributed by atoms with van der Waals surface area (Å²) in [5.74, 6) is 0. The second kappa shape index (κ2) is 9.56. The van der Waals surface area contributed by atoms with Gasteiger partial charge in [0.25, 0.3) is 0 Å². The van der Waals surface area contributed by atoms with E-state index in [0.717, 1.165) is 0 Å². The molecule has 0 aliphatic heterocycles. The second-order valence-corrected chi connectivity index (χ2v) is 8.19. The maximum absolute atomic E-state index is 4.58. The monoisotopic (exact) mass is 537 g/mol. The van der Waals surface area contributed by atoms with Crippen LogP contribution in [0.25, 0.3) is 0 Å². The average Bonchev–Trinajstić information content (AvgIpc) is 2.61. The van der Waals surface area contributed by atoms with Gasteiger partial charge in [-0.3, -0.25) is 0 Å². The molecular weight excluding hydrogens is 516 g/mol. The Morgan fingerprint density at radius 2 is 0.792 bits per heavy atom. The van der Waals surface area contributed by atoms with E-state index in [1.54, 1.807) is 20.0 Å². The number of hydrogen-bond donors (Lipinski definition) is 0. The van der Waals surface area contributed by atoms with Crippen LogP contribution < -0.4 is 15.9 Å². The Morgan fingerprint density at radius 3 is 1.04 bits per heavy atom. The Balaban J connectivity index is 0.00000100. The first-order valence-corrected chi connectivity index (χ1v) is 12.0. The van der Waals surface area contributed by atoms with Gasteiger partial charge in [0.2, 0.25) is 0 Å². The van der Waals surface area contributed by atoms with Crippen LogP contribution in [0.3, 0.4) is 0 Å². The van der Waals surface area contributed by atoms with Gasteiger partial charge in [0.05, 0.1) is 7.92 Å². The van der Waals surface area contributed by atoms with Crippen molar-refractivity contribution in [1.82, 2.24) is 0 Å². The van der Waals surface area contributed by atoms with Crippen LogP contribution in [0.5, 0.6) is 0 Å². The predicted molar refractivity (Wildman–Crippen MR) is 107 cm³/mol. The molecule has 0 aliphatic carbocycles. The van der Waals surface area contributed by atoms with E-state index in [0.29, 0.717) is 0 Å². The van der Waals surface area contributed by atoms with E-state index in [2.05, 4.69) is 103 Å². The molecule has 0 saturated heterocycles. The Hall–Kier alpha value is -0.880. The molecule has 3 aromatic rings. The summed E-state index contributed by atoms with van der Waals surface area (Å²) in [7, 11) is 3.62. The van der Waals surface area contributed by atoms with Crippen molar-refractivity contribution in [2.24, 2.45) is 0 Å². The van der Waals surface area contributed by atoms with Gasteiger partial charge in [-0.2, -0.15) is 0 Å². The minimum absolute atomic E-state index is 0.968. The van der Waals surface area contributed by atoms with Crippen LogP contribution in [0.15, 0.2) is 72.8 Å². The van der Waals surface area contributed by atoms with Crippen LogP contribution >= 0.6 is 17.1 Å². The van der Waals surface area contributed by atoms with E-state index in [9.17, 15) is 0 Å². The molecule has 0 heterocycles. The zero-order chi connectivity index (χ0) is 17.5. The van der Waals surface area contributed by atoms with Gasteiger partial charge in [-0.05, 0) is 55.7 Å². The molecule has 128 valence electrons. The first-order valence-electron chi connectivity index (χ1n) is 7.85. The molecule has 0 bridgehead atoms. The van der Waals surface area contributed by atoms with Crippen molar-refractivity contribution < 1.29 is 20.0 Å². The fourth-order valence-corrected chi connectivity index (χ4v) is 6.09. The van der Waals surface area contributed by atoms with Crippen LogP contribution in [0.1, 0.15) is 16.7 Å². The molecule has 0 atom stereocenters. The molecule has 3 rings (SSSR count). The fourth-order valence-electron chi connectivity index (χ4n) is 3.00. The predicted octanol–water partition coefficient (Wildman–Crippen LogP) is 4.79. The van der Waals surface area contributed by atoms with Gasteiger partial charge < -0.3 is 0 Å². The van der Waals surface area contributed by atoms with Gasteiger partial charge >= 0.3 is 29.2 Å². The molecule has 0 nitrogen and oxygen atoms in total. The van der Waals surface area contributed by atoms with E-state index in [1.165, 1.54) is 32.6 Å². The molecule has 0 N–H and O–H groups in total. The standard InChI is InChI=1S/C21H21P.Au.ClH/c1-16-10-4-7-13-19(16)22(20-14-8-5-11-17(20)2)21-15-9-6-12-18(21)3;;/h4-15H,1-3H3;;1H/q;+1;. The molecule has 0 radical (unpaired) electrons. The third-order valence-electron chi connectivity index (χ3n) is 4.24. The number of hydrogen-bond acceptors (Lipinski definition) is 0. The van der Waals surface area contributed by atoms with Crippen LogP contribution in [-0.4, -0.2) is 0 Å². The van der Waals surface area contributed by atoms with Gasteiger partial charge in [-0.1, -0.05) is 54.6 Å². The van der Waals surface area contributed by atoms with Crippen molar-refractivity contribution in [3.63, 3.8) is 0 Å². The van der Waals surface area contributed by atoms with Crippen molar-refractivity contribution >= 4 is 33.0 Å². The quantitative estimate of drug-likeness (QED) is 0.333. The van der Waals surface area contributed by atoms with E-state index in [1.807, 2.05) is 0 Å². The van der Waals surface area contributed by atoms with E-state index in [-0.39, 0.29) is 0 Å². The Kier molecular flexibility index (Phi) is 7.75. The van der Waals surface area contributed by atoms with E-state index >= 15 is 0 Å². The minimum atomic E-state index is -0.968. The second-order valence-electron chi connectivity index (χ2n) is 5.82. The van der Waals surface area contributed by atoms with Gasteiger partial charge in [-0.25, -0.2) is 0 Å². The molecule has 24 heavy (non-hydrogen) atoms. The molecule has 3 heteroatoms. The summed E-state index contributed by atoms with van der Waals surface area (Å²) in [5, 5.41) is 4.49. The van der Waals surface area contributed by atoms with Crippen LogP contribution in [-0.2, 0) is 20.0 Å². The first-order chi connectivity index (χ1) is 11.7. The molecule has 0 aromatic heterocycles. The van der Waals surface area contributed by atoms with Gasteiger partial charge in [-0.15, -0.1) is 0 Å². The number of aryl methyl sites for hydroxylation is 3. The van der Waals surface area contributed by atoms with Crippen molar-refractivity contribution in [3.05, 3.63) is 89.5 Å². The molecule has 0 aliphatic rings. The Labute approximate surface area is 162 Å². The summed E-state index contributed by atoms with van der Waals surface area (Å²) in [4.78, 5) is 0. The number of benzene rings is 3. The molecule has 0 fully saturated rings. The van der Waals surface area contributed by atoms with E-state index < -0.39 is 7.92 Å². The maximum atomic E-state index is 4.58. The number of halogens is 1.